The summed E-state index contributed by atoms with van der Waals surface area (Å²) < 4.78 is 0. The fourth-order valence-corrected chi connectivity index (χ4v) is 2.09. The van der Waals surface area contributed by atoms with Gasteiger partial charge in [-0.1, -0.05) is 6.92 Å². The molecule has 1 aromatic carbocycles. The number of hydrogen-bond donors (Lipinski definition) is 3. The van der Waals surface area contributed by atoms with Crippen LogP contribution in [0, 0.1) is 0 Å². The molecule has 21 heavy (non-hydrogen) atoms. The summed E-state index contributed by atoms with van der Waals surface area (Å²) in [6, 6.07) is 5.69. The molecule has 0 aliphatic carbocycles. The third-order valence-electron chi connectivity index (χ3n) is 3.09. The fraction of sp³-hybridized carbons (Fsp3) is 0.312. The van der Waals surface area contributed by atoms with E-state index in [1.807, 2.05) is 25.2 Å². The number of carbonyl (C=O) groups is 1. The van der Waals surface area contributed by atoms with E-state index >= 15 is 0 Å². The molecule has 0 aliphatic rings. The lowest BCUT2D eigenvalue weighted by atomic mass is 10.1. The molecule has 0 atom stereocenters. The number of Topliss-reactive ketones (excluding diaryl/α,β-unsaturated/α-hetero) is 1. The number of nitrogens with zero attached hydrogens (tertiary/aromatic N) is 1. The summed E-state index contributed by atoms with van der Waals surface area (Å²) in [5.74, 6) is 0.0317. The van der Waals surface area contributed by atoms with Crippen LogP contribution in [0.4, 0.5) is 11.4 Å². The molecule has 0 aliphatic heterocycles. The van der Waals surface area contributed by atoms with E-state index in [4.69, 9.17) is 11.5 Å². The third kappa shape index (κ3) is 4.56. The first-order valence-corrected chi connectivity index (χ1v) is 6.96. The Kier molecular flexibility index (Phi) is 6.33. The van der Waals surface area contributed by atoms with Gasteiger partial charge >= 0.3 is 0 Å². The number of rotatable bonds is 7. The number of anilines is 2. The highest BCUT2D eigenvalue weighted by molar-refractivity contribution is 6.00. The SMILES string of the molecule is CCCN(C)c1ccc(NC(/C=C\N)=C/N)cc1C(C)=O. The van der Waals surface area contributed by atoms with Crippen LogP contribution in [0.2, 0.25) is 0 Å². The number of allylic oxidation sites excluding steroid dienone is 1. The van der Waals surface area contributed by atoms with Gasteiger partial charge in [0.25, 0.3) is 0 Å². The van der Waals surface area contributed by atoms with Crippen molar-refractivity contribution in [2.45, 2.75) is 20.3 Å². The zero-order chi connectivity index (χ0) is 15.8. The Morgan fingerprint density at radius 3 is 2.62 bits per heavy atom. The smallest absolute Gasteiger partial charge is 0.161 e. The van der Waals surface area contributed by atoms with Crippen LogP contribution >= 0.6 is 0 Å². The number of carbonyl (C=O) groups excluding carboxylic acids is 1. The minimum atomic E-state index is 0.0317. The van der Waals surface area contributed by atoms with Crippen LogP contribution in [-0.4, -0.2) is 19.4 Å². The summed E-state index contributed by atoms with van der Waals surface area (Å²) in [5, 5.41) is 3.12. The minimum absolute atomic E-state index is 0.0317. The van der Waals surface area contributed by atoms with E-state index in [1.165, 1.54) is 12.4 Å². The molecule has 0 amide bonds. The largest absolute Gasteiger partial charge is 0.405 e. The first kappa shape index (κ1) is 16.6. The minimum Gasteiger partial charge on any atom is -0.405 e. The van der Waals surface area contributed by atoms with E-state index in [1.54, 1.807) is 13.0 Å². The highest BCUT2D eigenvalue weighted by Gasteiger charge is 2.12. The highest BCUT2D eigenvalue weighted by atomic mass is 16.1. The zero-order valence-corrected chi connectivity index (χ0v) is 12.9. The van der Waals surface area contributed by atoms with Gasteiger partial charge in [-0.3, -0.25) is 4.79 Å². The average molecular weight is 288 g/mol. The molecule has 0 unspecified atom stereocenters. The predicted octanol–water partition coefficient (Wildman–Crippen LogP) is 2.42. The van der Waals surface area contributed by atoms with E-state index in [9.17, 15) is 4.79 Å². The van der Waals surface area contributed by atoms with Gasteiger partial charge in [0.15, 0.2) is 5.78 Å². The standard InChI is InChI=1S/C16H24N4O/c1-4-9-20(3)16-6-5-13(10-15(16)12(2)21)19-14(11-18)7-8-17/h5-8,10-11,19H,4,9,17-18H2,1-3H3/b8-7-,14-11+. The molecule has 0 saturated carbocycles. The van der Waals surface area contributed by atoms with Gasteiger partial charge in [-0.05, 0) is 43.8 Å². The number of ketones is 1. The predicted molar refractivity (Wildman–Crippen MR) is 89.2 cm³/mol. The van der Waals surface area contributed by atoms with Crippen molar-refractivity contribution in [3.05, 3.63) is 47.9 Å². The Labute approximate surface area is 126 Å². The Morgan fingerprint density at radius 1 is 1.38 bits per heavy atom. The number of benzene rings is 1. The average Bonchev–Trinajstić information content (AvgIpc) is 2.46. The van der Waals surface area contributed by atoms with Gasteiger partial charge in [0.2, 0.25) is 0 Å². The molecule has 0 fully saturated rings. The summed E-state index contributed by atoms with van der Waals surface area (Å²) in [7, 11) is 1.99. The molecule has 1 rings (SSSR count). The van der Waals surface area contributed by atoms with Crippen molar-refractivity contribution in [1.29, 1.82) is 0 Å². The normalized spacial score (nSPS) is 11.7. The van der Waals surface area contributed by atoms with Crippen molar-refractivity contribution < 1.29 is 4.79 Å². The molecule has 0 radical (unpaired) electrons. The highest BCUT2D eigenvalue weighted by Crippen LogP contribution is 2.25. The molecule has 0 spiro atoms. The molecular formula is C16H24N4O. The number of hydrogen-bond acceptors (Lipinski definition) is 5. The van der Waals surface area contributed by atoms with Crippen LogP contribution in [0.15, 0.2) is 42.4 Å². The van der Waals surface area contributed by atoms with Crippen molar-refractivity contribution in [3.63, 3.8) is 0 Å². The molecular weight excluding hydrogens is 264 g/mol. The van der Waals surface area contributed by atoms with Crippen molar-refractivity contribution in [1.82, 2.24) is 0 Å². The molecule has 5 nitrogen and oxygen atoms in total. The quantitative estimate of drug-likeness (QED) is 0.530. The number of nitrogens with two attached hydrogens (primary N) is 2. The van der Waals surface area contributed by atoms with E-state index in [-0.39, 0.29) is 5.78 Å². The van der Waals surface area contributed by atoms with Crippen LogP contribution in [0.1, 0.15) is 30.6 Å². The van der Waals surface area contributed by atoms with Crippen LogP contribution in [0.3, 0.4) is 0 Å². The van der Waals surface area contributed by atoms with Crippen LogP contribution < -0.4 is 21.7 Å². The molecule has 1 aromatic rings. The summed E-state index contributed by atoms with van der Waals surface area (Å²) in [5.41, 5.74) is 14.0. The van der Waals surface area contributed by atoms with E-state index in [0.29, 0.717) is 11.3 Å². The van der Waals surface area contributed by atoms with Crippen LogP contribution in [0.5, 0.6) is 0 Å². The molecule has 0 heterocycles. The summed E-state index contributed by atoms with van der Waals surface area (Å²) in [6.45, 7) is 4.58. The van der Waals surface area contributed by atoms with Crippen molar-refractivity contribution in [2.75, 3.05) is 23.8 Å². The number of nitrogens with one attached hydrogen (secondary N) is 1. The fourth-order valence-electron chi connectivity index (χ4n) is 2.09. The maximum atomic E-state index is 11.9. The van der Waals surface area contributed by atoms with Crippen molar-refractivity contribution >= 4 is 17.2 Å². The summed E-state index contributed by atoms with van der Waals surface area (Å²) in [6.07, 6.45) is 5.51. The van der Waals surface area contributed by atoms with E-state index in [0.717, 1.165) is 24.3 Å². The second-order valence-electron chi connectivity index (χ2n) is 4.82. The summed E-state index contributed by atoms with van der Waals surface area (Å²) in [4.78, 5) is 14.0. The second-order valence-corrected chi connectivity index (χ2v) is 4.82. The Balaban J connectivity index is 3.11. The lowest BCUT2D eigenvalue weighted by Crippen LogP contribution is -2.20. The summed E-state index contributed by atoms with van der Waals surface area (Å²) >= 11 is 0. The van der Waals surface area contributed by atoms with Crippen LogP contribution in [-0.2, 0) is 0 Å². The van der Waals surface area contributed by atoms with Gasteiger partial charge in [-0.2, -0.15) is 0 Å². The third-order valence-corrected chi connectivity index (χ3v) is 3.09. The zero-order valence-electron chi connectivity index (χ0n) is 12.9. The van der Waals surface area contributed by atoms with Gasteiger partial charge in [0.05, 0.1) is 5.70 Å². The van der Waals surface area contributed by atoms with Gasteiger partial charge in [-0.25, -0.2) is 0 Å². The van der Waals surface area contributed by atoms with Gasteiger partial charge in [-0.15, -0.1) is 0 Å². The molecule has 0 bridgehead atoms. The monoisotopic (exact) mass is 288 g/mol. The first-order valence-electron chi connectivity index (χ1n) is 6.96. The maximum absolute atomic E-state index is 11.9. The van der Waals surface area contributed by atoms with Crippen molar-refractivity contribution in [2.24, 2.45) is 11.5 Å². The lowest BCUT2D eigenvalue weighted by Gasteiger charge is -2.22. The Hall–Kier alpha value is -2.43. The molecule has 5 N–H and O–H groups in total. The van der Waals surface area contributed by atoms with Gasteiger partial charge in [0, 0.05) is 36.7 Å². The molecule has 114 valence electrons. The Morgan fingerprint density at radius 2 is 2.10 bits per heavy atom. The first-order chi connectivity index (χ1) is 10.0. The Bertz CT molecular complexity index is 549. The molecule has 5 heteroatoms. The van der Waals surface area contributed by atoms with E-state index < -0.39 is 0 Å². The van der Waals surface area contributed by atoms with Gasteiger partial charge < -0.3 is 21.7 Å². The lowest BCUT2D eigenvalue weighted by molar-refractivity contribution is 0.101. The van der Waals surface area contributed by atoms with Crippen molar-refractivity contribution in [3.8, 4) is 0 Å². The molecule has 0 aromatic heterocycles. The second kappa shape index (κ2) is 7.99. The van der Waals surface area contributed by atoms with E-state index in [2.05, 4.69) is 17.1 Å². The topological polar surface area (TPSA) is 84.4 Å². The van der Waals surface area contributed by atoms with Crippen LogP contribution in [0.25, 0.3) is 0 Å². The maximum Gasteiger partial charge on any atom is 0.161 e. The molecule has 0 saturated heterocycles. The van der Waals surface area contributed by atoms with Gasteiger partial charge in [0.1, 0.15) is 0 Å².